The maximum atomic E-state index is 14.2. The topological polar surface area (TPSA) is 74.7 Å². The highest BCUT2D eigenvalue weighted by atomic mass is 32.2. The van der Waals surface area contributed by atoms with E-state index in [1.165, 1.54) is 0 Å². The van der Waals surface area contributed by atoms with Crippen LogP contribution in [0.25, 0.3) is 0 Å². The van der Waals surface area contributed by atoms with Gasteiger partial charge in [-0.3, -0.25) is 0 Å². The van der Waals surface area contributed by atoms with Gasteiger partial charge in [-0.2, -0.15) is 87.8 Å². The summed E-state index contributed by atoms with van der Waals surface area (Å²) >= 11 is 0. The number of halogens is 21. The molecule has 0 aliphatic heterocycles. The number of aliphatic carboxylic acids is 1. The second kappa shape index (κ2) is 10.1. The predicted molar refractivity (Wildman–Crippen MR) is 83.8 cm³/mol. The van der Waals surface area contributed by atoms with Gasteiger partial charge in [0.15, 0.2) is 11.4 Å². The third-order valence-corrected chi connectivity index (χ3v) is 6.46. The van der Waals surface area contributed by atoms with Crippen LogP contribution in [-0.2, 0) is 14.8 Å². The smallest absolute Gasteiger partial charge is 0.460 e. The molecule has 0 radical (unpaired) electrons. The number of carbonyl (C=O) groups is 1. The second-order valence-corrected chi connectivity index (χ2v) is 8.99. The zero-order chi connectivity index (χ0) is 34.0. The van der Waals surface area contributed by atoms with Crippen LogP contribution in [0.2, 0.25) is 0 Å². The molecule has 0 aromatic heterocycles. The Labute approximate surface area is 210 Å². The Morgan fingerprint density at radius 2 is 1.00 bits per heavy atom. The van der Waals surface area contributed by atoms with E-state index in [1.54, 1.807) is 0 Å². The van der Waals surface area contributed by atoms with Crippen molar-refractivity contribution in [3.63, 3.8) is 0 Å². The van der Waals surface area contributed by atoms with Gasteiger partial charge in [0.05, 0.1) is 0 Å². The van der Waals surface area contributed by atoms with Crippen molar-refractivity contribution in [3.8, 4) is 0 Å². The number of rotatable bonds is 11. The van der Waals surface area contributed by atoms with Gasteiger partial charge in [-0.25, -0.2) is 17.6 Å². The molecule has 0 saturated heterocycles. The second-order valence-electron chi connectivity index (χ2n) is 7.09. The van der Waals surface area contributed by atoms with Gasteiger partial charge < -0.3 is 5.11 Å². The number of alkyl halides is 20. The van der Waals surface area contributed by atoms with Crippen molar-refractivity contribution in [1.82, 2.24) is 4.31 Å². The Morgan fingerprint density at radius 3 is 1.27 bits per heavy atom. The van der Waals surface area contributed by atoms with Gasteiger partial charge in [0.25, 0.3) is 10.0 Å². The molecule has 0 amide bonds. The van der Waals surface area contributed by atoms with Crippen molar-refractivity contribution >= 4 is 16.0 Å². The number of nitrogens with zero attached hydrogens (tertiary/aromatic N) is 1. The van der Waals surface area contributed by atoms with Crippen molar-refractivity contribution in [1.29, 1.82) is 0 Å². The third kappa shape index (κ3) is 5.34. The molecular weight excluding hydrogens is 677 g/mol. The summed E-state index contributed by atoms with van der Waals surface area (Å²) in [6.07, 6.45) is -14.9. The number of hydrogen-bond acceptors (Lipinski definition) is 3. The molecule has 0 rings (SSSR count). The van der Waals surface area contributed by atoms with E-state index >= 15 is 0 Å². The molecule has 0 aromatic rings. The molecule has 244 valence electrons. The van der Waals surface area contributed by atoms with Gasteiger partial charge >= 0.3 is 59.2 Å². The SMILES string of the molecule is CCN(C(F)(F)C(F)(F)C(F)=C(C(=O)O)C(F)(F)F)S(=O)(=O)C(F)(F)C(F)(F)C(F)(F)C(F)(F)C(F)(F)C(F)(F)F. The lowest BCUT2D eigenvalue weighted by Gasteiger charge is -2.41. The highest BCUT2D eigenvalue weighted by Crippen LogP contribution is 2.62. The quantitative estimate of drug-likeness (QED) is 0.155. The first-order valence-electron chi connectivity index (χ1n) is 8.86. The maximum absolute atomic E-state index is 14.2. The summed E-state index contributed by atoms with van der Waals surface area (Å²) < 4.78 is 299. The molecule has 1 N–H and O–H groups in total. The molecule has 0 unspecified atom stereocenters. The van der Waals surface area contributed by atoms with E-state index in [0.29, 0.717) is 0 Å². The van der Waals surface area contributed by atoms with Crippen LogP contribution in [0.3, 0.4) is 0 Å². The summed E-state index contributed by atoms with van der Waals surface area (Å²) in [7, 11) is -9.03. The van der Waals surface area contributed by atoms with Crippen LogP contribution in [-0.4, -0.2) is 83.6 Å². The summed E-state index contributed by atoms with van der Waals surface area (Å²) in [6.45, 7) is -3.43. The summed E-state index contributed by atoms with van der Waals surface area (Å²) in [6, 6.07) is -7.70. The van der Waals surface area contributed by atoms with Gasteiger partial charge in [-0.05, 0) is 0 Å². The zero-order valence-electron chi connectivity index (χ0n) is 18.2. The molecular formula is C14H6F21NO4S. The van der Waals surface area contributed by atoms with Crippen LogP contribution in [0.5, 0.6) is 0 Å². The van der Waals surface area contributed by atoms with Crippen LogP contribution in [0.15, 0.2) is 11.4 Å². The highest BCUT2D eigenvalue weighted by molar-refractivity contribution is 7.90. The van der Waals surface area contributed by atoms with Crippen LogP contribution in [0.1, 0.15) is 6.92 Å². The average Bonchev–Trinajstić information content (AvgIpc) is 2.70. The molecule has 0 fully saturated rings. The summed E-state index contributed by atoms with van der Waals surface area (Å²) in [5.41, 5.74) is -4.31. The standard InChI is InChI=1S/C14H6F21NO4S/c1-2-36(13(32,33)6(16,17)4(15)3(5(37)38)7(18,19)20)41(39,40)14(34,35)11(27,28)9(23,24)8(21,22)10(25,26)12(29,30)31/h2H2,1H3,(H,37,38). The number of carboxylic acid groups (broad SMARTS) is 1. The van der Waals surface area contributed by atoms with Crippen molar-refractivity contribution in [3.05, 3.63) is 11.4 Å². The molecule has 0 atom stereocenters. The Bertz CT molecular complexity index is 1150. The molecule has 0 aliphatic carbocycles. The summed E-state index contributed by atoms with van der Waals surface area (Å²) in [5, 5.41) is -0.434. The zero-order valence-corrected chi connectivity index (χ0v) is 19.0. The van der Waals surface area contributed by atoms with Gasteiger partial charge in [-0.15, -0.1) is 4.31 Å². The largest absolute Gasteiger partial charge is 0.478 e. The average molecular weight is 683 g/mol. The Kier molecular flexibility index (Phi) is 9.55. The van der Waals surface area contributed by atoms with Crippen LogP contribution >= 0.6 is 0 Å². The summed E-state index contributed by atoms with van der Waals surface area (Å²) in [5.74, 6) is -51.6. The van der Waals surface area contributed by atoms with Crippen molar-refractivity contribution < 1.29 is 111 Å². The lowest BCUT2D eigenvalue weighted by Crippen LogP contribution is -2.73. The molecule has 0 heterocycles. The maximum Gasteiger partial charge on any atom is 0.460 e. The molecule has 0 aliphatic rings. The van der Waals surface area contributed by atoms with E-state index in [0.717, 1.165) is 0 Å². The fourth-order valence-corrected chi connectivity index (χ4v) is 3.85. The van der Waals surface area contributed by atoms with Crippen LogP contribution in [0.4, 0.5) is 92.2 Å². The lowest BCUT2D eigenvalue weighted by atomic mass is 9.98. The highest BCUT2D eigenvalue weighted by Gasteiger charge is 2.93. The van der Waals surface area contributed by atoms with E-state index < -0.39 is 98.4 Å². The monoisotopic (exact) mass is 683 g/mol. The molecule has 0 spiro atoms. The minimum atomic E-state index is -9.03. The normalized spacial score (nSPS) is 16.7. The number of carboxylic acids is 1. The molecule has 5 nitrogen and oxygen atoms in total. The Morgan fingerprint density at radius 1 is 0.659 bits per heavy atom. The fourth-order valence-electron chi connectivity index (χ4n) is 2.36. The summed E-state index contributed by atoms with van der Waals surface area (Å²) in [4.78, 5) is 10.4. The van der Waals surface area contributed by atoms with E-state index in [9.17, 15) is 105 Å². The lowest BCUT2D eigenvalue weighted by molar-refractivity contribution is -0.433. The first kappa shape index (κ1) is 38.6. The van der Waals surface area contributed by atoms with Crippen molar-refractivity contribution in [2.75, 3.05) is 6.54 Å². The number of sulfonamides is 1. The molecule has 0 aromatic carbocycles. The first-order chi connectivity index (χ1) is 17.4. The molecule has 0 saturated carbocycles. The van der Waals surface area contributed by atoms with Gasteiger partial charge in [0.2, 0.25) is 0 Å². The van der Waals surface area contributed by atoms with Crippen LogP contribution in [0, 0.1) is 0 Å². The number of hydrogen-bond donors (Lipinski definition) is 1. The van der Waals surface area contributed by atoms with Crippen LogP contribution < -0.4 is 0 Å². The molecule has 0 bridgehead atoms. The Hall–Kier alpha value is -2.35. The minimum Gasteiger partial charge on any atom is -0.478 e. The first-order valence-corrected chi connectivity index (χ1v) is 10.3. The Balaban J connectivity index is 7.46. The van der Waals surface area contributed by atoms with E-state index in [2.05, 4.69) is 0 Å². The predicted octanol–water partition coefficient (Wildman–Crippen LogP) is 6.43. The van der Waals surface area contributed by atoms with Gasteiger partial charge in [0.1, 0.15) is 0 Å². The minimum absolute atomic E-state index is 0.455. The van der Waals surface area contributed by atoms with Crippen molar-refractivity contribution in [2.45, 2.75) is 60.2 Å². The molecule has 41 heavy (non-hydrogen) atoms. The third-order valence-electron chi connectivity index (χ3n) is 4.49. The fraction of sp³-hybridized carbons (Fsp3) is 0.786. The van der Waals surface area contributed by atoms with Crippen molar-refractivity contribution in [2.24, 2.45) is 0 Å². The van der Waals surface area contributed by atoms with E-state index in [-0.39, 0.29) is 0 Å². The molecule has 27 heteroatoms. The van der Waals surface area contributed by atoms with Gasteiger partial charge in [-0.1, -0.05) is 6.92 Å². The van der Waals surface area contributed by atoms with Gasteiger partial charge in [0, 0.05) is 6.54 Å². The van der Waals surface area contributed by atoms with E-state index in [4.69, 9.17) is 5.11 Å². The van der Waals surface area contributed by atoms with E-state index in [1.807, 2.05) is 0 Å².